The van der Waals surface area contributed by atoms with Crippen molar-refractivity contribution in [2.75, 3.05) is 0 Å². The second-order valence-electron chi connectivity index (χ2n) is 9.89. The zero-order chi connectivity index (χ0) is 19.1. The highest BCUT2D eigenvalue weighted by molar-refractivity contribution is 5.49. The van der Waals surface area contributed by atoms with Gasteiger partial charge in [-0.25, -0.2) is 0 Å². The molecule has 1 aromatic carbocycles. The van der Waals surface area contributed by atoms with Crippen LogP contribution in [0.3, 0.4) is 0 Å². The number of fused-ring (bicyclic) bond motifs is 5. The molecule has 0 bridgehead atoms. The van der Waals surface area contributed by atoms with E-state index in [0.717, 1.165) is 17.8 Å². The summed E-state index contributed by atoms with van der Waals surface area (Å²) < 4.78 is 0. The van der Waals surface area contributed by atoms with Gasteiger partial charge in [0.15, 0.2) is 0 Å². The molecule has 26 heavy (non-hydrogen) atoms. The van der Waals surface area contributed by atoms with E-state index in [1.54, 1.807) is 22.3 Å². The van der Waals surface area contributed by atoms with Gasteiger partial charge in [-0.3, -0.25) is 0 Å². The van der Waals surface area contributed by atoms with E-state index in [1.807, 2.05) is 13.8 Å². The molecule has 0 spiro atoms. The fraction of sp³-hybridized carbons (Fsp3) is 0.769. The molecule has 2 saturated carbocycles. The quantitative estimate of drug-likeness (QED) is 0.512. The minimum atomic E-state index is 0.437. The van der Waals surface area contributed by atoms with Crippen LogP contribution in [-0.4, -0.2) is 0 Å². The van der Waals surface area contributed by atoms with Crippen molar-refractivity contribution in [1.29, 1.82) is 0 Å². The smallest absolute Gasteiger partial charge is 0.00331 e. The molecule has 2 fully saturated rings. The first-order valence-corrected chi connectivity index (χ1v) is 11.5. The summed E-state index contributed by atoms with van der Waals surface area (Å²) in [6.07, 6.45) is 11.1. The molecule has 1 aromatic rings. The van der Waals surface area contributed by atoms with E-state index in [-0.39, 0.29) is 0 Å². The first-order chi connectivity index (χ1) is 12.4. The fourth-order valence-corrected chi connectivity index (χ4v) is 7.58. The Morgan fingerprint density at radius 2 is 1.81 bits per heavy atom. The van der Waals surface area contributed by atoms with Crippen LogP contribution in [0.25, 0.3) is 0 Å². The summed E-state index contributed by atoms with van der Waals surface area (Å²) in [4.78, 5) is 0. The predicted octanol–water partition coefficient (Wildman–Crippen LogP) is 7.64. The van der Waals surface area contributed by atoms with Crippen LogP contribution in [-0.2, 0) is 18.3 Å². The van der Waals surface area contributed by atoms with Gasteiger partial charge >= 0.3 is 0 Å². The zero-order valence-corrected chi connectivity index (χ0v) is 18.5. The number of aryl methyl sites for hydroxylation is 2. The van der Waals surface area contributed by atoms with Crippen LogP contribution in [0.5, 0.6) is 0 Å². The van der Waals surface area contributed by atoms with Crippen molar-refractivity contribution in [1.82, 2.24) is 0 Å². The molecule has 0 heterocycles. The van der Waals surface area contributed by atoms with E-state index in [4.69, 9.17) is 0 Å². The molecule has 0 saturated heterocycles. The summed E-state index contributed by atoms with van der Waals surface area (Å²) in [7, 11) is 0. The minimum absolute atomic E-state index is 0.437. The Labute approximate surface area is 163 Å². The SMILES string of the molecule is CC.CCCc1cc(C)c2c(c1)CC1C2(C)CCC2C(C)CCCC21C. The van der Waals surface area contributed by atoms with Gasteiger partial charge in [-0.05, 0) is 89.9 Å². The summed E-state index contributed by atoms with van der Waals surface area (Å²) in [5, 5.41) is 0. The predicted molar refractivity (Wildman–Crippen MR) is 115 cm³/mol. The standard InChI is InChI=1S/C24H36.C2H6/c1-6-8-18-13-17(3)22-19(14-18)15-21-23(4)11-7-9-16(2)20(23)10-12-24(21,22)5;1-2/h13-14,16,20-21H,6-12,15H2,1-5H3;1-2H3. The van der Waals surface area contributed by atoms with Gasteiger partial charge < -0.3 is 0 Å². The van der Waals surface area contributed by atoms with E-state index in [2.05, 4.69) is 46.8 Å². The molecule has 0 heteroatoms. The Hall–Kier alpha value is -0.780. The fourth-order valence-electron chi connectivity index (χ4n) is 7.58. The normalized spacial score (nSPS) is 37.9. The topological polar surface area (TPSA) is 0 Å². The van der Waals surface area contributed by atoms with Crippen LogP contribution in [0, 0.1) is 30.1 Å². The lowest BCUT2D eigenvalue weighted by Crippen LogP contribution is -2.52. The van der Waals surface area contributed by atoms with Crippen molar-refractivity contribution in [3.8, 4) is 0 Å². The van der Waals surface area contributed by atoms with Crippen LogP contribution >= 0.6 is 0 Å². The van der Waals surface area contributed by atoms with Crippen molar-refractivity contribution in [2.24, 2.45) is 23.2 Å². The van der Waals surface area contributed by atoms with E-state index >= 15 is 0 Å². The summed E-state index contributed by atoms with van der Waals surface area (Å²) in [6, 6.07) is 5.09. The Morgan fingerprint density at radius 1 is 1.08 bits per heavy atom. The summed E-state index contributed by atoms with van der Waals surface area (Å²) >= 11 is 0. The minimum Gasteiger partial charge on any atom is -0.0683 e. The molecular formula is C26H42. The molecule has 0 aromatic heterocycles. The highest BCUT2D eigenvalue weighted by atomic mass is 14.6. The number of hydrogen-bond donors (Lipinski definition) is 0. The van der Waals surface area contributed by atoms with Crippen LogP contribution in [0.15, 0.2) is 12.1 Å². The van der Waals surface area contributed by atoms with Crippen molar-refractivity contribution in [3.05, 3.63) is 34.4 Å². The monoisotopic (exact) mass is 354 g/mol. The Balaban J connectivity index is 0.000000948. The van der Waals surface area contributed by atoms with Crippen molar-refractivity contribution in [3.63, 3.8) is 0 Å². The van der Waals surface area contributed by atoms with Gasteiger partial charge in [-0.15, -0.1) is 0 Å². The van der Waals surface area contributed by atoms with Gasteiger partial charge in [0.25, 0.3) is 0 Å². The second-order valence-corrected chi connectivity index (χ2v) is 9.89. The number of benzene rings is 1. The molecule has 3 aliphatic rings. The molecule has 0 N–H and O–H groups in total. The zero-order valence-electron chi connectivity index (χ0n) is 18.5. The summed E-state index contributed by atoms with van der Waals surface area (Å²) in [6.45, 7) is 16.5. The second kappa shape index (κ2) is 7.33. The first-order valence-electron chi connectivity index (χ1n) is 11.5. The van der Waals surface area contributed by atoms with Crippen LogP contribution in [0.2, 0.25) is 0 Å². The largest absolute Gasteiger partial charge is 0.0683 e. The van der Waals surface area contributed by atoms with Crippen LogP contribution < -0.4 is 0 Å². The Morgan fingerprint density at radius 3 is 2.50 bits per heavy atom. The third-order valence-electron chi connectivity index (χ3n) is 8.46. The third kappa shape index (κ3) is 2.87. The van der Waals surface area contributed by atoms with Gasteiger partial charge in [0.05, 0.1) is 0 Å². The van der Waals surface area contributed by atoms with E-state index in [9.17, 15) is 0 Å². The molecular weight excluding hydrogens is 312 g/mol. The Bertz CT molecular complexity index is 642. The van der Waals surface area contributed by atoms with Crippen molar-refractivity contribution < 1.29 is 0 Å². The van der Waals surface area contributed by atoms with Crippen LogP contribution in [0.1, 0.15) is 102 Å². The summed E-state index contributed by atoms with van der Waals surface area (Å²) in [5.74, 6) is 2.78. The van der Waals surface area contributed by atoms with Crippen molar-refractivity contribution >= 4 is 0 Å². The lowest BCUT2D eigenvalue weighted by molar-refractivity contribution is -0.0627. The van der Waals surface area contributed by atoms with Gasteiger partial charge in [0.1, 0.15) is 0 Å². The molecule has 4 rings (SSSR count). The lowest BCUT2D eigenvalue weighted by atomic mass is 9.46. The Kier molecular flexibility index (Phi) is 5.63. The molecule has 3 aliphatic carbocycles. The molecule has 0 radical (unpaired) electrons. The van der Waals surface area contributed by atoms with Gasteiger partial charge in [-0.1, -0.05) is 72.9 Å². The molecule has 5 unspecified atom stereocenters. The van der Waals surface area contributed by atoms with Crippen molar-refractivity contribution in [2.45, 2.75) is 105 Å². The van der Waals surface area contributed by atoms with E-state index < -0.39 is 0 Å². The van der Waals surface area contributed by atoms with Gasteiger partial charge in [0, 0.05) is 0 Å². The highest BCUT2D eigenvalue weighted by Crippen LogP contribution is 2.65. The third-order valence-corrected chi connectivity index (χ3v) is 8.46. The molecule has 0 aliphatic heterocycles. The number of hydrogen-bond acceptors (Lipinski definition) is 0. The maximum atomic E-state index is 2.67. The first kappa shape index (κ1) is 20.0. The number of rotatable bonds is 2. The molecule has 0 amide bonds. The maximum absolute atomic E-state index is 2.67. The summed E-state index contributed by atoms with van der Waals surface area (Å²) in [5.41, 5.74) is 7.64. The average molecular weight is 355 g/mol. The molecule has 0 nitrogen and oxygen atoms in total. The maximum Gasteiger partial charge on any atom is -0.00331 e. The molecule has 5 atom stereocenters. The average Bonchev–Trinajstić information content (AvgIpc) is 2.91. The van der Waals surface area contributed by atoms with Crippen LogP contribution in [0.4, 0.5) is 0 Å². The van der Waals surface area contributed by atoms with Gasteiger partial charge in [0.2, 0.25) is 0 Å². The molecule has 146 valence electrons. The highest BCUT2D eigenvalue weighted by Gasteiger charge is 2.59. The van der Waals surface area contributed by atoms with E-state index in [0.29, 0.717) is 10.8 Å². The van der Waals surface area contributed by atoms with Gasteiger partial charge in [-0.2, -0.15) is 0 Å². The van der Waals surface area contributed by atoms with E-state index in [1.165, 1.54) is 51.4 Å². The lowest BCUT2D eigenvalue weighted by Gasteiger charge is -2.58.